The molecule has 0 spiro atoms. The van der Waals surface area contributed by atoms with Crippen molar-refractivity contribution in [3.63, 3.8) is 0 Å². The number of carbonyl (C=O) groups is 3. The summed E-state index contributed by atoms with van der Waals surface area (Å²) in [7, 11) is 1.44. The molecular formula is C12H16N2O5S. The van der Waals surface area contributed by atoms with Crippen LogP contribution in [0.2, 0.25) is 0 Å². The van der Waals surface area contributed by atoms with Gasteiger partial charge in [-0.1, -0.05) is 11.8 Å². The number of hydrogen-bond donors (Lipinski definition) is 2. The van der Waals surface area contributed by atoms with Gasteiger partial charge in [0.25, 0.3) is 5.91 Å². The molecule has 2 heterocycles. The van der Waals surface area contributed by atoms with E-state index in [-0.39, 0.29) is 22.9 Å². The number of aliphatic carboxylic acids is 1. The van der Waals surface area contributed by atoms with Crippen molar-refractivity contribution < 1.29 is 24.2 Å². The van der Waals surface area contributed by atoms with Crippen molar-refractivity contribution in [1.82, 2.24) is 10.2 Å². The zero-order valence-electron chi connectivity index (χ0n) is 11.2. The molecule has 110 valence electrons. The highest BCUT2D eigenvalue weighted by Gasteiger charge is 2.56. The molecule has 2 aliphatic heterocycles. The Morgan fingerprint density at radius 3 is 2.75 bits per heavy atom. The fourth-order valence-electron chi connectivity index (χ4n) is 2.26. The van der Waals surface area contributed by atoms with Gasteiger partial charge in [-0.25, -0.2) is 4.79 Å². The normalized spacial score (nSPS) is 24.5. The Morgan fingerprint density at radius 1 is 1.50 bits per heavy atom. The van der Waals surface area contributed by atoms with E-state index in [1.807, 2.05) is 0 Å². The number of methoxy groups -OCH3 is 1. The van der Waals surface area contributed by atoms with Gasteiger partial charge in [-0.05, 0) is 12.8 Å². The van der Waals surface area contributed by atoms with Crippen LogP contribution in [-0.4, -0.2) is 52.9 Å². The van der Waals surface area contributed by atoms with Gasteiger partial charge in [0.1, 0.15) is 11.1 Å². The number of amides is 2. The largest absolute Gasteiger partial charge is 0.477 e. The topological polar surface area (TPSA) is 95.9 Å². The van der Waals surface area contributed by atoms with E-state index in [0.29, 0.717) is 24.3 Å². The number of β-lactam (4-membered cyclic amide) rings is 1. The Kier molecular flexibility index (Phi) is 4.34. The average molecular weight is 300 g/mol. The lowest BCUT2D eigenvalue weighted by Gasteiger charge is -2.40. The number of carboxylic acid groups (broad SMARTS) is 1. The maximum absolute atomic E-state index is 11.8. The van der Waals surface area contributed by atoms with E-state index in [0.717, 1.165) is 0 Å². The molecule has 0 aliphatic carbocycles. The minimum atomic E-state index is -1.10. The molecule has 1 unspecified atom stereocenters. The van der Waals surface area contributed by atoms with Gasteiger partial charge >= 0.3 is 5.97 Å². The molecule has 1 saturated heterocycles. The molecule has 1 fully saturated rings. The van der Waals surface area contributed by atoms with E-state index in [4.69, 9.17) is 4.74 Å². The summed E-state index contributed by atoms with van der Waals surface area (Å²) in [4.78, 5) is 35.8. The molecule has 0 radical (unpaired) electrons. The third kappa shape index (κ3) is 2.53. The van der Waals surface area contributed by atoms with Crippen molar-refractivity contribution in [2.45, 2.75) is 31.2 Å². The van der Waals surface area contributed by atoms with E-state index in [2.05, 4.69) is 5.32 Å². The molecule has 2 N–H and O–H groups in total. The van der Waals surface area contributed by atoms with Crippen LogP contribution in [0.15, 0.2) is 10.6 Å². The SMILES string of the molecule is COC1C(=O)N2C(C(=O)O)=C(CCCNC(C)=O)S[C@H]12. The number of nitrogens with zero attached hydrogens (tertiary/aromatic N) is 1. The summed E-state index contributed by atoms with van der Waals surface area (Å²) >= 11 is 1.36. The quantitative estimate of drug-likeness (QED) is 0.535. The summed E-state index contributed by atoms with van der Waals surface area (Å²) in [6.07, 6.45) is 0.580. The number of carbonyl (C=O) groups excluding carboxylic acids is 2. The molecule has 2 rings (SSSR count). The Morgan fingerprint density at radius 2 is 2.20 bits per heavy atom. The van der Waals surface area contributed by atoms with Crippen molar-refractivity contribution in [3.8, 4) is 0 Å². The standard InChI is InChI=1S/C12H16N2O5S/c1-6(15)13-5-3-4-7-8(12(17)18)14-10(16)9(19-2)11(14)20-7/h9,11H,3-5H2,1-2H3,(H,13,15)(H,17,18)/t9?,11-/m1/s1. The van der Waals surface area contributed by atoms with Crippen LogP contribution in [0.1, 0.15) is 19.8 Å². The van der Waals surface area contributed by atoms with Gasteiger partial charge in [0.05, 0.1) is 0 Å². The number of allylic oxidation sites excluding steroid dienone is 1. The van der Waals surface area contributed by atoms with E-state index in [9.17, 15) is 19.5 Å². The number of thioether (sulfide) groups is 1. The zero-order valence-corrected chi connectivity index (χ0v) is 12.0. The molecular weight excluding hydrogens is 284 g/mol. The second-order valence-electron chi connectivity index (χ2n) is 4.54. The van der Waals surface area contributed by atoms with Gasteiger partial charge in [0, 0.05) is 25.5 Å². The first-order valence-corrected chi connectivity index (χ1v) is 7.08. The van der Waals surface area contributed by atoms with Crippen molar-refractivity contribution in [3.05, 3.63) is 10.6 Å². The van der Waals surface area contributed by atoms with E-state index in [1.54, 1.807) is 0 Å². The van der Waals surface area contributed by atoms with Gasteiger partial charge in [0.15, 0.2) is 6.10 Å². The lowest BCUT2D eigenvalue weighted by Crippen LogP contribution is -2.61. The summed E-state index contributed by atoms with van der Waals surface area (Å²) in [6.45, 7) is 1.92. The van der Waals surface area contributed by atoms with E-state index >= 15 is 0 Å². The van der Waals surface area contributed by atoms with E-state index < -0.39 is 12.1 Å². The van der Waals surface area contributed by atoms with Crippen molar-refractivity contribution in [2.24, 2.45) is 0 Å². The van der Waals surface area contributed by atoms with Crippen molar-refractivity contribution in [1.29, 1.82) is 0 Å². The summed E-state index contributed by atoms with van der Waals surface area (Å²) in [6, 6.07) is 0. The highest BCUT2D eigenvalue weighted by molar-refractivity contribution is 8.04. The van der Waals surface area contributed by atoms with Crippen LogP contribution in [0, 0.1) is 0 Å². The highest BCUT2D eigenvalue weighted by Crippen LogP contribution is 2.48. The molecule has 2 atom stereocenters. The fraction of sp³-hybridized carbons (Fsp3) is 0.583. The van der Waals surface area contributed by atoms with Crippen LogP contribution < -0.4 is 5.32 Å². The average Bonchev–Trinajstić information content (AvgIpc) is 2.70. The maximum atomic E-state index is 11.8. The number of hydrogen-bond acceptors (Lipinski definition) is 5. The summed E-state index contributed by atoms with van der Waals surface area (Å²) in [5.41, 5.74) is 0.0566. The van der Waals surface area contributed by atoms with Crippen LogP contribution in [0.3, 0.4) is 0 Å². The summed E-state index contributed by atoms with van der Waals surface area (Å²) in [5.74, 6) is -1.52. The molecule has 8 heteroatoms. The highest BCUT2D eigenvalue weighted by atomic mass is 32.2. The summed E-state index contributed by atoms with van der Waals surface area (Å²) in [5, 5.41) is 11.6. The number of rotatable bonds is 6. The van der Waals surface area contributed by atoms with Crippen molar-refractivity contribution >= 4 is 29.5 Å². The second kappa shape index (κ2) is 5.84. The van der Waals surface area contributed by atoms with Crippen LogP contribution in [-0.2, 0) is 19.1 Å². The first kappa shape index (κ1) is 14.9. The summed E-state index contributed by atoms with van der Waals surface area (Å²) < 4.78 is 5.06. The first-order chi connectivity index (χ1) is 9.47. The van der Waals surface area contributed by atoms with Gasteiger partial charge in [-0.3, -0.25) is 14.5 Å². The Bertz CT molecular complexity index is 490. The molecule has 0 aromatic carbocycles. The minimum absolute atomic E-state index is 0.0566. The Labute approximate surface area is 120 Å². The Balaban J connectivity index is 2.02. The predicted molar refractivity (Wildman–Crippen MR) is 71.6 cm³/mol. The fourth-order valence-corrected chi connectivity index (χ4v) is 3.77. The predicted octanol–water partition coefficient (Wildman–Crippen LogP) is 0.129. The number of carboxylic acids is 1. The second-order valence-corrected chi connectivity index (χ2v) is 5.75. The third-order valence-corrected chi connectivity index (χ3v) is 4.55. The van der Waals surface area contributed by atoms with Crippen LogP contribution in [0.25, 0.3) is 0 Å². The minimum Gasteiger partial charge on any atom is -0.477 e. The van der Waals surface area contributed by atoms with Gasteiger partial charge in [-0.15, -0.1) is 0 Å². The smallest absolute Gasteiger partial charge is 0.353 e. The Hall–Kier alpha value is -1.54. The molecule has 2 amide bonds. The monoisotopic (exact) mass is 300 g/mol. The van der Waals surface area contributed by atoms with Gasteiger partial charge in [-0.2, -0.15) is 0 Å². The van der Waals surface area contributed by atoms with E-state index in [1.165, 1.54) is 30.7 Å². The molecule has 0 saturated carbocycles. The first-order valence-electron chi connectivity index (χ1n) is 6.20. The van der Waals surface area contributed by atoms with Gasteiger partial charge < -0.3 is 15.2 Å². The molecule has 0 aromatic rings. The number of fused-ring (bicyclic) bond motifs is 1. The molecule has 0 aromatic heterocycles. The molecule has 2 aliphatic rings. The molecule has 7 nitrogen and oxygen atoms in total. The van der Waals surface area contributed by atoms with Gasteiger partial charge in [0.2, 0.25) is 5.91 Å². The zero-order chi connectivity index (χ0) is 14.9. The third-order valence-electron chi connectivity index (χ3n) is 3.17. The van der Waals surface area contributed by atoms with Crippen LogP contribution in [0.5, 0.6) is 0 Å². The maximum Gasteiger partial charge on any atom is 0.353 e. The molecule has 20 heavy (non-hydrogen) atoms. The number of ether oxygens (including phenoxy) is 1. The van der Waals surface area contributed by atoms with Crippen LogP contribution in [0.4, 0.5) is 0 Å². The van der Waals surface area contributed by atoms with Crippen molar-refractivity contribution in [2.75, 3.05) is 13.7 Å². The lowest BCUT2D eigenvalue weighted by molar-refractivity contribution is -0.161. The number of nitrogens with one attached hydrogen (secondary N) is 1. The molecule has 0 bridgehead atoms. The van der Waals surface area contributed by atoms with Crippen LogP contribution >= 0.6 is 11.8 Å². The lowest BCUT2D eigenvalue weighted by atomic mass is 10.1.